The standard InChI is InChI=1S/C35H31NO4/c1-4-5-18-40-26-14-10-22(11-15-26)25-19-28-33-27-9-7-6-8-23(27)12-16-29(33)36-35(34(28)30(37)20-25)24-13-17-31(38-2)32(21-24)39-3/h6-17,19-21,37H,4-5,18H2,1-3H3. The van der Waals surface area contributed by atoms with Crippen LogP contribution in [0.2, 0.25) is 0 Å². The SMILES string of the molecule is CCCCOc1ccc(-c2cc(O)c3c(-c4ccc(OC)c(OC)c4)nc4ccc5ccccc5c4c3c2)cc1. The van der Waals surface area contributed by atoms with Gasteiger partial charge in [-0.15, -0.1) is 0 Å². The van der Waals surface area contributed by atoms with Crippen molar-refractivity contribution in [1.82, 2.24) is 4.98 Å². The largest absolute Gasteiger partial charge is 0.507 e. The second-order valence-electron chi connectivity index (χ2n) is 9.86. The number of phenols is 1. The number of fused-ring (bicyclic) bond motifs is 5. The summed E-state index contributed by atoms with van der Waals surface area (Å²) in [6, 6.07) is 30.2. The fourth-order valence-corrected chi connectivity index (χ4v) is 5.32. The third-order valence-electron chi connectivity index (χ3n) is 7.37. The Labute approximate surface area is 233 Å². The lowest BCUT2D eigenvalue weighted by Gasteiger charge is -2.16. The summed E-state index contributed by atoms with van der Waals surface area (Å²) in [5.74, 6) is 2.25. The molecule has 0 atom stereocenters. The van der Waals surface area contributed by atoms with Crippen molar-refractivity contribution in [2.24, 2.45) is 0 Å². The van der Waals surface area contributed by atoms with Gasteiger partial charge in [0.1, 0.15) is 11.5 Å². The lowest BCUT2D eigenvalue weighted by molar-refractivity contribution is 0.309. The van der Waals surface area contributed by atoms with Gasteiger partial charge in [-0.05, 0) is 82.2 Å². The van der Waals surface area contributed by atoms with Crippen LogP contribution in [0.25, 0.3) is 54.8 Å². The molecule has 0 radical (unpaired) electrons. The molecule has 0 amide bonds. The first-order chi connectivity index (χ1) is 19.6. The average molecular weight is 530 g/mol. The van der Waals surface area contributed by atoms with Gasteiger partial charge in [0, 0.05) is 10.9 Å². The lowest BCUT2D eigenvalue weighted by Crippen LogP contribution is -1.96. The van der Waals surface area contributed by atoms with Crippen LogP contribution in [-0.2, 0) is 0 Å². The summed E-state index contributed by atoms with van der Waals surface area (Å²) in [4.78, 5) is 5.09. The Balaban J connectivity index is 1.61. The van der Waals surface area contributed by atoms with E-state index in [0.717, 1.165) is 62.3 Å². The summed E-state index contributed by atoms with van der Waals surface area (Å²) in [5, 5.41) is 16.4. The average Bonchev–Trinajstić information content (AvgIpc) is 3.00. The minimum Gasteiger partial charge on any atom is -0.507 e. The minimum absolute atomic E-state index is 0.169. The van der Waals surface area contributed by atoms with E-state index in [-0.39, 0.29) is 5.75 Å². The van der Waals surface area contributed by atoms with Gasteiger partial charge in [-0.3, -0.25) is 0 Å². The molecule has 200 valence electrons. The molecule has 5 heteroatoms. The Bertz CT molecular complexity index is 1840. The highest BCUT2D eigenvalue weighted by molar-refractivity contribution is 6.23. The Morgan fingerprint density at radius 1 is 0.700 bits per heavy atom. The van der Waals surface area contributed by atoms with Gasteiger partial charge in [0.15, 0.2) is 11.5 Å². The zero-order valence-electron chi connectivity index (χ0n) is 22.9. The van der Waals surface area contributed by atoms with E-state index in [2.05, 4.69) is 31.2 Å². The number of pyridine rings is 1. The molecule has 0 saturated carbocycles. The Morgan fingerprint density at radius 3 is 2.25 bits per heavy atom. The summed E-state index contributed by atoms with van der Waals surface area (Å²) in [7, 11) is 3.23. The first-order valence-electron chi connectivity index (χ1n) is 13.5. The first kappa shape index (κ1) is 25.5. The number of unbranched alkanes of at least 4 members (excludes halogenated alkanes) is 1. The predicted octanol–water partition coefficient (Wildman–Crippen LogP) is 8.78. The van der Waals surface area contributed by atoms with Crippen molar-refractivity contribution in [3.05, 3.63) is 91.0 Å². The van der Waals surface area contributed by atoms with E-state index >= 15 is 0 Å². The van der Waals surface area contributed by atoms with Crippen molar-refractivity contribution >= 4 is 32.4 Å². The van der Waals surface area contributed by atoms with E-state index < -0.39 is 0 Å². The summed E-state index contributed by atoms with van der Waals surface area (Å²) in [6.07, 6.45) is 2.12. The van der Waals surface area contributed by atoms with Gasteiger partial charge in [-0.2, -0.15) is 0 Å². The van der Waals surface area contributed by atoms with Crippen LogP contribution >= 0.6 is 0 Å². The van der Waals surface area contributed by atoms with Crippen LogP contribution in [0.1, 0.15) is 19.8 Å². The number of benzene rings is 5. The predicted molar refractivity (Wildman–Crippen MR) is 163 cm³/mol. The van der Waals surface area contributed by atoms with Gasteiger partial charge in [0.05, 0.1) is 37.4 Å². The van der Waals surface area contributed by atoms with Crippen LogP contribution < -0.4 is 14.2 Å². The topological polar surface area (TPSA) is 60.8 Å². The number of nitrogens with zero attached hydrogens (tertiary/aromatic N) is 1. The van der Waals surface area contributed by atoms with Crippen molar-refractivity contribution in [3.8, 4) is 45.4 Å². The highest BCUT2D eigenvalue weighted by Gasteiger charge is 2.19. The molecule has 0 saturated heterocycles. The van der Waals surface area contributed by atoms with E-state index in [4.69, 9.17) is 19.2 Å². The molecule has 0 aliphatic carbocycles. The zero-order chi connectivity index (χ0) is 27.6. The molecular formula is C35H31NO4. The number of hydrogen-bond donors (Lipinski definition) is 1. The molecule has 0 bridgehead atoms. The van der Waals surface area contributed by atoms with Crippen LogP contribution in [0, 0.1) is 0 Å². The van der Waals surface area contributed by atoms with E-state index in [1.165, 1.54) is 0 Å². The number of methoxy groups -OCH3 is 2. The minimum atomic E-state index is 0.169. The summed E-state index contributed by atoms with van der Waals surface area (Å²) < 4.78 is 16.9. The molecular weight excluding hydrogens is 498 g/mol. The molecule has 0 unspecified atom stereocenters. The fourth-order valence-electron chi connectivity index (χ4n) is 5.32. The molecule has 6 aromatic rings. The molecule has 0 fully saturated rings. The van der Waals surface area contributed by atoms with Crippen molar-refractivity contribution in [2.45, 2.75) is 19.8 Å². The molecule has 6 rings (SSSR count). The van der Waals surface area contributed by atoms with Gasteiger partial charge in [0.2, 0.25) is 0 Å². The summed E-state index contributed by atoms with van der Waals surface area (Å²) in [6.45, 7) is 2.86. The lowest BCUT2D eigenvalue weighted by atomic mass is 9.93. The Kier molecular flexibility index (Phi) is 6.87. The molecule has 5 aromatic carbocycles. The van der Waals surface area contributed by atoms with Crippen LogP contribution in [0.15, 0.2) is 91.0 Å². The quantitative estimate of drug-likeness (QED) is 0.158. The second kappa shape index (κ2) is 10.8. The van der Waals surface area contributed by atoms with Crippen LogP contribution in [0.3, 0.4) is 0 Å². The molecule has 5 nitrogen and oxygen atoms in total. The van der Waals surface area contributed by atoms with Gasteiger partial charge in [-0.1, -0.05) is 55.8 Å². The molecule has 1 aromatic heterocycles. The molecule has 0 spiro atoms. The monoisotopic (exact) mass is 529 g/mol. The highest BCUT2D eigenvalue weighted by atomic mass is 16.5. The Morgan fingerprint density at radius 2 is 1.48 bits per heavy atom. The smallest absolute Gasteiger partial charge is 0.161 e. The van der Waals surface area contributed by atoms with E-state index in [0.29, 0.717) is 29.2 Å². The molecule has 0 aliphatic heterocycles. The number of hydrogen-bond acceptors (Lipinski definition) is 5. The van der Waals surface area contributed by atoms with Crippen LogP contribution in [-0.4, -0.2) is 30.9 Å². The normalized spacial score (nSPS) is 11.3. The van der Waals surface area contributed by atoms with Crippen molar-refractivity contribution in [2.75, 3.05) is 20.8 Å². The molecule has 1 heterocycles. The summed E-state index contributed by atoms with van der Waals surface area (Å²) >= 11 is 0. The van der Waals surface area contributed by atoms with Crippen LogP contribution in [0.4, 0.5) is 0 Å². The Hall–Kier alpha value is -4.77. The summed E-state index contributed by atoms with van der Waals surface area (Å²) in [5.41, 5.74) is 4.28. The number of phenolic OH excluding ortho intramolecular Hbond substituents is 1. The maximum Gasteiger partial charge on any atom is 0.161 e. The van der Waals surface area contributed by atoms with E-state index in [1.807, 2.05) is 66.7 Å². The third-order valence-corrected chi connectivity index (χ3v) is 7.37. The van der Waals surface area contributed by atoms with Gasteiger partial charge in [-0.25, -0.2) is 4.98 Å². The third kappa shape index (κ3) is 4.54. The number of aromatic hydroxyl groups is 1. The molecule has 0 aliphatic rings. The number of rotatable bonds is 8. The maximum atomic E-state index is 11.6. The first-order valence-corrected chi connectivity index (χ1v) is 13.5. The van der Waals surface area contributed by atoms with Crippen molar-refractivity contribution in [3.63, 3.8) is 0 Å². The number of aromatic nitrogens is 1. The number of ether oxygens (including phenoxy) is 3. The second-order valence-corrected chi connectivity index (χ2v) is 9.86. The van der Waals surface area contributed by atoms with Crippen molar-refractivity contribution < 1.29 is 19.3 Å². The van der Waals surface area contributed by atoms with Gasteiger partial charge >= 0.3 is 0 Å². The molecule has 40 heavy (non-hydrogen) atoms. The molecule has 1 N–H and O–H groups in total. The fraction of sp³-hybridized carbons (Fsp3) is 0.171. The zero-order valence-corrected chi connectivity index (χ0v) is 22.9. The highest BCUT2D eigenvalue weighted by Crippen LogP contribution is 2.44. The van der Waals surface area contributed by atoms with Gasteiger partial charge in [0.25, 0.3) is 0 Å². The maximum absolute atomic E-state index is 11.6. The van der Waals surface area contributed by atoms with Crippen LogP contribution in [0.5, 0.6) is 23.0 Å². The van der Waals surface area contributed by atoms with E-state index in [1.54, 1.807) is 14.2 Å². The van der Waals surface area contributed by atoms with Gasteiger partial charge < -0.3 is 19.3 Å². The van der Waals surface area contributed by atoms with Crippen molar-refractivity contribution in [1.29, 1.82) is 0 Å². The van der Waals surface area contributed by atoms with E-state index in [9.17, 15) is 5.11 Å².